The molecule has 0 aliphatic heterocycles. The third-order valence-corrected chi connectivity index (χ3v) is 4.17. The molecule has 0 aliphatic rings. The van der Waals surface area contributed by atoms with Gasteiger partial charge in [-0.2, -0.15) is 0 Å². The molecule has 24 heavy (non-hydrogen) atoms. The van der Waals surface area contributed by atoms with Crippen LogP contribution in [0.4, 0.5) is 0 Å². The zero-order chi connectivity index (χ0) is 17.5. The Hall–Kier alpha value is -1.30. The zero-order valence-corrected chi connectivity index (χ0v) is 15.5. The SMILES string of the molecule is CCCCCCCCCCC#C[C@H](C)OCc1ccc(CO)cc1. The number of ether oxygens (including phenoxy) is 1. The van der Waals surface area contributed by atoms with Gasteiger partial charge >= 0.3 is 0 Å². The first kappa shape index (κ1) is 20.7. The summed E-state index contributed by atoms with van der Waals surface area (Å²) in [6.07, 6.45) is 11.7. The van der Waals surface area contributed by atoms with Crippen LogP contribution < -0.4 is 0 Å². The number of benzene rings is 1. The molecular formula is C22H34O2. The molecule has 134 valence electrons. The highest BCUT2D eigenvalue weighted by Gasteiger charge is 1.99. The van der Waals surface area contributed by atoms with Crippen LogP contribution in [0.3, 0.4) is 0 Å². The van der Waals surface area contributed by atoms with Crippen LogP contribution in [0.2, 0.25) is 0 Å². The number of unbranched alkanes of at least 4 members (excludes halogenated alkanes) is 8. The van der Waals surface area contributed by atoms with E-state index in [1.54, 1.807) is 0 Å². The maximum atomic E-state index is 9.02. The van der Waals surface area contributed by atoms with E-state index < -0.39 is 0 Å². The summed E-state index contributed by atoms with van der Waals surface area (Å²) in [7, 11) is 0. The van der Waals surface area contributed by atoms with Crippen LogP contribution in [0.25, 0.3) is 0 Å². The van der Waals surface area contributed by atoms with Crippen LogP contribution in [0.5, 0.6) is 0 Å². The predicted octanol–water partition coefficient (Wildman–Crippen LogP) is 5.62. The quantitative estimate of drug-likeness (QED) is 0.398. The monoisotopic (exact) mass is 330 g/mol. The minimum Gasteiger partial charge on any atom is -0.392 e. The Labute approximate surface area is 148 Å². The van der Waals surface area contributed by atoms with Gasteiger partial charge in [0.25, 0.3) is 0 Å². The van der Waals surface area contributed by atoms with Gasteiger partial charge in [0.2, 0.25) is 0 Å². The highest BCUT2D eigenvalue weighted by Crippen LogP contribution is 2.09. The maximum absolute atomic E-state index is 9.02. The smallest absolute Gasteiger partial charge is 0.115 e. The van der Waals surface area contributed by atoms with Crippen LogP contribution in [0.1, 0.15) is 82.8 Å². The second-order valence-electron chi connectivity index (χ2n) is 6.47. The van der Waals surface area contributed by atoms with E-state index >= 15 is 0 Å². The van der Waals surface area contributed by atoms with Gasteiger partial charge in [-0.05, 0) is 24.5 Å². The first-order valence-electron chi connectivity index (χ1n) is 9.55. The molecule has 2 nitrogen and oxygen atoms in total. The third-order valence-electron chi connectivity index (χ3n) is 4.17. The van der Waals surface area contributed by atoms with Crippen molar-refractivity contribution in [3.8, 4) is 11.8 Å². The molecule has 0 amide bonds. The molecule has 1 atom stereocenters. The van der Waals surface area contributed by atoms with Crippen molar-refractivity contribution in [2.24, 2.45) is 0 Å². The van der Waals surface area contributed by atoms with E-state index in [1.165, 1.54) is 51.4 Å². The van der Waals surface area contributed by atoms with Gasteiger partial charge in [0.15, 0.2) is 0 Å². The van der Waals surface area contributed by atoms with Crippen LogP contribution in [-0.2, 0) is 18.0 Å². The Morgan fingerprint density at radius 2 is 1.50 bits per heavy atom. The topological polar surface area (TPSA) is 29.5 Å². The molecule has 0 saturated heterocycles. The van der Waals surface area contributed by atoms with Gasteiger partial charge in [-0.25, -0.2) is 0 Å². The minimum atomic E-state index is -0.0310. The van der Waals surface area contributed by atoms with Crippen LogP contribution in [0.15, 0.2) is 24.3 Å². The molecule has 2 heteroatoms. The molecule has 0 bridgehead atoms. The zero-order valence-electron chi connectivity index (χ0n) is 15.5. The van der Waals surface area contributed by atoms with E-state index in [2.05, 4.69) is 18.8 Å². The minimum absolute atomic E-state index is 0.0310. The molecule has 1 N–H and O–H groups in total. The van der Waals surface area contributed by atoms with E-state index in [0.29, 0.717) is 6.61 Å². The van der Waals surface area contributed by atoms with Crippen molar-refractivity contribution in [3.05, 3.63) is 35.4 Å². The Morgan fingerprint density at radius 1 is 0.917 bits per heavy atom. The molecular weight excluding hydrogens is 296 g/mol. The molecule has 1 rings (SSSR count). The first-order chi connectivity index (χ1) is 11.8. The van der Waals surface area contributed by atoms with E-state index in [-0.39, 0.29) is 12.7 Å². The lowest BCUT2D eigenvalue weighted by Gasteiger charge is -2.07. The molecule has 0 fully saturated rings. The normalized spacial score (nSPS) is 11.8. The van der Waals surface area contributed by atoms with Crippen LogP contribution >= 0.6 is 0 Å². The van der Waals surface area contributed by atoms with Gasteiger partial charge in [0.1, 0.15) is 6.10 Å². The lowest BCUT2D eigenvalue weighted by Crippen LogP contribution is -2.05. The van der Waals surface area contributed by atoms with Gasteiger partial charge in [-0.15, -0.1) is 5.92 Å². The van der Waals surface area contributed by atoms with Gasteiger partial charge in [0.05, 0.1) is 13.2 Å². The number of aliphatic hydroxyl groups excluding tert-OH is 1. The Morgan fingerprint density at radius 3 is 2.12 bits per heavy atom. The highest BCUT2D eigenvalue weighted by molar-refractivity contribution is 5.21. The molecule has 0 spiro atoms. The van der Waals surface area contributed by atoms with E-state index in [4.69, 9.17) is 9.84 Å². The first-order valence-corrected chi connectivity index (χ1v) is 9.55. The summed E-state index contributed by atoms with van der Waals surface area (Å²) in [4.78, 5) is 0. The Bertz CT molecular complexity index is 467. The summed E-state index contributed by atoms with van der Waals surface area (Å²) >= 11 is 0. The fraction of sp³-hybridized carbons (Fsp3) is 0.636. The standard InChI is InChI=1S/C22H34O2/c1-3-4-5-6-7-8-9-10-11-12-13-20(2)24-19-22-16-14-21(18-23)15-17-22/h14-17,20,23H,3-11,18-19H2,1-2H3/t20-/m0/s1. The average Bonchev–Trinajstić information content (AvgIpc) is 2.62. The van der Waals surface area contributed by atoms with Crippen LogP contribution in [-0.4, -0.2) is 11.2 Å². The largest absolute Gasteiger partial charge is 0.392 e. The number of rotatable bonds is 12. The third kappa shape index (κ3) is 10.5. The summed E-state index contributed by atoms with van der Waals surface area (Å²) in [6.45, 7) is 4.92. The molecule has 0 saturated carbocycles. The van der Waals surface area contributed by atoms with Gasteiger partial charge in [-0.1, -0.05) is 82.1 Å². The fourth-order valence-electron chi connectivity index (χ4n) is 2.57. The average molecular weight is 331 g/mol. The van der Waals surface area contributed by atoms with Crippen molar-refractivity contribution in [2.75, 3.05) is 0 Å². The molecule has 1 aromatic carbocycles. The lowest BCUT2D eigenvalue weighted by atomic mass is 10.1. The summed E-state index contributed by atoms with van der Waals surface area (Å²) in [5.74, 6) is 6.42. The summed E-state index contributed by atoms with van der Waals surface area (Å²) < 4.78 is 5.75. The van der Waals surface area contributed by atoms with Gasteiger partial charge in [-0.3, -0.25) is 0 Å². The van der Waals surface area contributed by atoms with Crippen molar-refractivity contribution < 1.29 is 9.84 Å². The van der Waals surface area contributed by atoms with E-state index in [0.717, 1.165) is 17.5 Å². The summed E-state index contributed by atoms with van der Waals surface area (Å²) in [5, 5.41) is 9.02. The van der Waals surface area contributed by atoms with Gasteiger partial charge < -0.3 is 9.84 Å². The maximum Gasteiger partial charge on any atom is 0.115 e. The van der Waals surface area contributed by atoms with E-state index in [9.17, 15) is 0 Å². The summed E-state index contributed by atoms with van der Waals surface area (Å²) in [5.41, 5.74) is 2.04. The van der Waals surface area contributed by atoms with Crippen molar-refractivity contribution >= 4 is 0 Å². The fourth-order valence-corrected chi connectivity index (χ4v) is 2.57. The number of hydrogen-bond donors (Lipinski definition) is 1. The Balaban J connectivity index is 2.04. The molecule has 0 aliphatic carbocycles. The van der Waals surface area contributed by atoms with Crippen molar-refractivity contribution in [2.45, 2.75) is 91.0 Å². The van der Waals surface area contributed by atoms with Crippen molar-refractivity contribution in [3.63, 3.8) is 0 Å². The molecule has 0 heterocycles. The van der Waals surface area contributed by atoms with Crippen molar-refractivity contribution in [1.29, 1.82) is 0 Å². The van der Waals surface area contributed by atoms with Crippen LogP contribution in [0, 0.1) is 11.8 Å². The number of hydrogen-bond acceptors (Lipinski definition) is 2. The summed E-state index contributed by atoms with van der Waals surface area (Å²) in [6, 6.07) is 7.84. The van der Waals surface area contributed by atoms with Crippen molar-refractivity contribution in [1.82, 2.24) is 0 Å². The molecule has 0 aromatic heterocycles. The Kier molecular flexibility index (Phi) is 12.2. The highest BCUT2D eigenvalue weighted by atomic mass is 16.5. The van der Waals surface area contributed by atoms with Gasteiger partial charge in [0, 0.05) is 6.42 Å². The molecule has 0 radical (unpaired) electrons. The lowest BCUT2D eigenvalue weighted by molar-refractivity contribution is 0.0900. The number of aliphatic hydroxyl groups is 1. The molecule has 1 aromatic rings. The second-order valence-corrected chi connectivity index (χ2v) is 6.47. The van der Waals surface area contributed by atoms with E-state index in [1.807, 2.05) is 31.2 Å². The second kappa shape index (κ2) is 14.1. The molecule has 0 unspecified atom stereocenters. The predicted molar refractivity (Wildman–Crippen MR) is 102 cm³/mol.